The maximum Gasteiger partial charge on any atom is 0.267 e. The standard InChI is InChI=1S/C22H22ClN3O2/c1-4-20(22(28)24-17-9-7-16(23)8-10-17)26-21(27)12-11-19(25-26)18-13-14(2)5-6-15(18)3/h5-13,20H,4H2,1-3H3,(H,24,28)/t20-/m0/s1. The number of benzene rings is 2. The Morgan fingerprint density at radius 1 is 1.11 bits per heavy atom. The van der Waals surface area contributed by atoms with Gasteiger partial charge in [0.15, 0.2) is 0 Å². The molecule has 5 nitrogen and oxygen atoms in total. The van der Waals surface area contributed by atoms with Gasteiger partial charge < -0.3 is 5.32 Å². The Morgan fingerprint density at radius 2 is 1.82 bits per heavy atom. The van der Waals surface area contributed by atoms with Crippen molar-refractivity contribution < 1.29 is 4.79 Å². The van der Waals surface area contributed by atoms with Gasteiger partial charge in [-0.2, -0.15) is 5.10 Å². The molecule has 0 radical (unpaired) electrons. The second kappa shape index (κ2) is 8.40. The van der Waals surface area contributed by atoms with Crippen molar-refractivity contribution in [2.45, 2.75) is 33.2 Å². The van der Waals surface area contributed by atoms with E-state index in [4.69, 9.17) is 11.6 Å². The molecule has 1 heterocycles. The minimum atomic E-state index is -0.715. The smallest absolute Gasteiger partial charge is 0.267 e. The minimum Gasteiger partial charge on any atom is -0.324 e. The lowest BCUT2D eigenvalue weighted by atomic mass is 10.0. The van der Waals surface area contributed by atoms with E-state index in [1.54, 1.807) is 30.3 Å². The summed E-state index contributed by atoms with van der Waals surface area (Å²) in [5, 5.41) is 7.93. The molecule has 6 heteroatoms. The van der Waals surface area contributed by atoms with Crippen LogP contribution in [0, 0.1) is 13.8 Å². The summed E-state index contributed by atoms with van der Waals surface area (Å²) in [6.07, 6.45) is 0.433. The monoisotopic (exact) mass is 395 g/mol. The number of aryl methyl sites for hydroxylation is 2. The highest BCUT2D eigenvalue weighted by molar-refractivity contribution is 6.30. The second-order valence-electron chi connectivity index (χ2n) is 6.74. The molecule has 1 amide bonds. The lowest BCUT2D eigenvalue weighted by Crippen LogP contribution is -2.34. The highest BCUT2D eigenvalue weighted by Gasteiger charge is 2.21. The number of hydrogen-bond donors (Lipinski definition) is 1. The van der Waals surface area contributed by atoms with Crippen LogP contribution in [0.25, 0.3) is 11.3 Å². The molecule has 0 spiro atoms. The molecule has 0 fully saturated rings. The topological polar surface area (TPSA) is 64.0 Å². The zero-order valence-electron chi connectivity index (χ0n) is 16.1. The van der Waals surface area contributed by atoms with Crippen LogP contribution in [0.1, 0.15) is 30.5 Å². The summed E-state index contributed by atoms with van der Waals surface area (Å²) < 4.78 is 1.27. The van der Waals surface area contributed by atoms with Crippen molar-refractivity contribution >= 4 is 23.2 Å². The summed E-state index contributed by atoms with van der Waals surface area (Å²) >= 11 is 5.89. The Bertz CT molecular complexity index is 1060. The molecule has 28 heavy (non-hydrogen) atoms. The lowest BCUT2D eigenvalue weighted by molar-refractivity contribution is -0.119. The van der Waals surface area contributed by atoms with Crippen LogP contribution in [0.15, 0.2) is 59.4 Å². The molecule has 0 bridgehead atoms. The fourth-order valence-corrected chi connectivity index (χ4v) is 3.16. The number of carbonyl (C=O) groups is 1. The van der Waals surface area contributed by atoms with E-state index in [-0.39, 0.29) is 11.5 Å². The van der Waals surface area contributed by atoms with Crippen LogP contribution in [-0.4, -0.2) is 15.7 Å². The van der Waals surface area contributed by atoms with Gasteiger partial charge in [-0.1, -0.05) is 36.2 Å². The van der Waals surface area contributed by atoms with E-state index in [9.17, 15) is 9.59 Å². The van der Waals surface area contributed by atoms with Crippen LogP contribution in [0.2, 0.25) is 5.02 Å². The molecule has 0 aliphatic heterocycles. The van der Waals surface area contributed by atoms with Crippen molar-refractivity contribution in [2.75, 3.05) is 5.32 Å². The van der Waals surface area contributed by atoms with Crippen LogP contribution in [-0.2, 0) is 4.79 Å². The van der Waals surface area contributed by atoms with Gasteiger partial charge in [-0.25, -0.2) is 4.68 Å². The zero-order chi connectivity index (χ0) is 20.3. The van der Waals surface area contributed by atoms with Crippen molar-refractivity contribution in [3.63, 3.8) is 0 Å². The van der Waals surface area contributed by atoms with Crippen molar-refractivity contribution in [3.8, 4) is 11.3 Å². The molecule has 0 aliphatic carbocycles. The third-order valence-corrected chi connectivity index (χ3v) is 4.84. The van der Waals surface area contributed by atoms with Gasteiger partial charge in [0.2, 0.25) is 5.91 Å². The number of rotatable bonds is 5. The molecule has 3 aromatic rings. The molecule has 1 aromatic heterocycles. The van der Waals surface area contributed by atoms with E-state index in [0.29, 0.717) is 22.8 Å². The molecular formula is C22H22ClN3O2. The van der Waals surface area contributed by atoms with E-state index in [1.165, 1.54) is 10.7 Å². The molecule has 2 aromatic carbocycles. The van der Waals surface area contributed by atoms with E-state index < -0.39 is 6.04 Å². The number of anilines is 1. The predicted molar refractivity (Wildman–Crippen MR) is 113 cm³/mol. The van der Waals surface area contributed by atoms with Gasteiger partial charge in [0.1, 0.15) is 6.04 Å². The molecule has 0 saturated carbocycles. The van der Waals surface area contributed by atoms with E-state index >= 15 is 0 Å². The molecule has 0 saturated heterocycles. The lowest BCUT2D eigenvalue weighted by Gasteiger charge is -2.18. The first-order valence-corrected chi connectivity index (χ1v) is 9.50. The number of aromatic nitrogens is 2. The third kappa shape index (κ3) is 4.31. The molecule has 144 valence electrons. The largest absolute Gasteiger partial charge is 0.324 e. The summed E-state index contributed by atoms with van der Waals surface area (Å²) in [6.45, 7) is 5.86. The fraction of sp³-hybridized carbons (Fsp3) is 0.227. The first kappa shape index (κ1) is 19.8. The van der Waals surface area contributed by atoms with Gasteiger partial charge in [-0.3, -0.25) is 9.59 Å². The number of carbonyl (C=O) groups excluding carboxylic acids is 1. The number of amides is 1. The van der Waals surface area contributed by atoms with Crippen LogP contribution >= 0.6 is 11.6 Å². The summed E-state index contributed by atoms with van der Waals surface area (Å²) in [6, 6.07) is 15.4. The Labute approximate surface area is 169 Å². The molecule has 1 atom stereocenters. The van der Waals surface area contributed by atoms with Gasteiger partial charge in [-0.15, -0.1) is 0 Å². The summed E-state index contributed by atoms with van der Waals surface area (Å²) in [4.78, 5) is 25.3. The Morgan fingerprint density at radius 3 is 2.50 bits per heavy atom. The van der Waals surface area contributed by atoms with E-state index in [0.717, 1.165) is 16.7 Å². The maximum absolute atomic E-state index is 12.8. The van der Waals surface area contributed by atoms with Gasteiger partial charge in [0.05, 0.1) is 5.69 Å². The predicted octanol–water partition coefficient (Wildman–Crippen LogP) is 4.77. The average molecular weight is 396 g/mol. The van der Waals surface area contributed by atoms with Gasteiger partial charge in [-0.05, 0) is 62.2 Å². The van der Waals surface area contributed by atoms with Crippen LogP contribution in [0.5, 0.6) is 0 Å². The van der Waals surface area contributed by atoms with Crippen LogP contribution in [0.3, 0.4) is 0 Å². The molecule has 3 rings (SSSR count). The van der Waals surface area contributed by atoms with Gasteiger partial charge >= 0.3 is 0 Å². The van der Waals surface area contributed by atoms with Crippen molar-refractivity contribution in [1.82, 2.24) is 9.78 Å². The van der Waals surface area contributed by atoms with E-state index in [1.807, 2.05) is 39.0 Å². The first-order valence-electron chi connectivity index (χ1n) is 9.13. The number of hydrogen-bond acceptors (Lipinski definition) is 3. The van der Waals surface area contributed by atoms with Gasteiger partial charge in [0, 0.05) is 22.3 Å². The zero-order valence-corrected chi connectivity index (χ0v) is 16.8. The minimum absolute atomic E-state index is 0.294. The Hall–Kier alpha value is -2.92. The SMILES string of the molecule is CC[C@@H](C(=O)Nc1ccc(Cl)cc1)n1nc(-c2cc(C)ccc2C)ccc1=O. The van der Waals surface area contributed by atoms with Crippen LogP contribution in [0.4, 0.5) is 5.69 Å². The quantitative estimate of drug-likeness (QED) is 0.676. The number of nitrogens with zero attached hydrogens (tertiary/aromatic N) is 2. The van der Waals surface area contributed by atoms with E-state index in [2.05, 4.69) is 10.4 Å². The molecule has 0 aliphatic rings. The molecule has 1 N–H and O–H groups in total. The summed E-state index contributed by atoms with van der Waals surface area (Å²) in [5.74, 6) is -0.294. The summed E-state index contributed by atoms with van der Waals surface area (Å²) in [7, 11) is 0. The van der Waals surface area contributed by atoms with Crippen LogP contribution < -0.4 is 10.9 Å². The van der Waals surface area contributed by atoms with Crippen molar-refractivity contribution in [1.29, 1.82) is 0 Å². The Balaban J connectivity index is 1.96. The third-order valence-electron chi connectivity index (χ3n) is 4.59. The normalized spacial score (nSPS) is 11.9. The number of halogens is 1. The fourth-order valence-electron chi connectivity index (χ4n) is 3.03. The summed E-state index contributed by atoms with van der Waals surface area (Å²) in [5.41, 5.74) is 4.08. The molecule has 0 unspecified atom stereocenters. The van der Waals surface area contributed by atoms with Gasteiger partial charge in [0.25, 0.3) is 5.56 Å². The first-order chi connectivity index (χ1) is 13.4. The maximum atomic E-state index is 12.8. The Kier molecular flexibility index (Phi) is 5.95. The highest BCUT2D eigenvalue weighted by atomic mass is 35.5. The second-order valence-corrected chi connectivity index (χ2v) is 7.18. The molecular weight excluding hydrogens is 374 g/mol. The van der Waals surface area contributed by atoms with Crippen molar-refractivity contribution in [2.24, 2.45) is 0 Å². The highest BCUT2D eigenvalue weighted by Crippen LogP contribution is 2.23. The van der Waals surface area contributed by atoms with Crippen molar-refractivity contribution in [3.05, 3.63) is 81.1 Å². The number of nitrogens with one attached hydrogen (secondary N) is 1. The average Bonchev–Trinajstić information content (AvgIpc) is 2.67.